The Balaban J connectivity index is 2.14. The number of hydroxylamine groups is 1. The summed E-state index contributed by atoms with van der Waals surface area (Å²) in [7, 11) is 0. The molecule has 2 aliphatic rings. The van der Waals surface area contributed by atoms with E-state index < -0.39 is 5.41 Å². The van der Waals surface area contributed by atoms with Crippen molar-refractivity contribution in [2.75, 3.05) is 19.8 Å². The van der Waals surface area contributed by atoms with Crippen LogP contribution in [0.15, 0.2) is 30.3 Å². The predicted octanol–water partition coefficient (Wildman–Crippen LogP) is 3.30. The highest BCUT2D eigenvalue weighted by atomic mass is 16.5. The molecule has 1 amide bonds. The Morgan fingerprint density at radius 1 is 1.23 bits per heavy atom. The highest BCUT2D eigenvalue weighted by molar-refractivity contribution is 6.01. The molecular formula is C24H38N4O2. The van der Waals surface area contributed by atoms with E-state index in [-0.39, 0.29) is 11.9 Å². The Hall–Kier alpha value is -1.92. The standard InChI is InChI=1S/C24H38N4O2/c1-18(2)27(19(3)4)16-14-24(21-11-7-6-8-12-21)22-13-9-10-15-26(22)17-28(30)23(24)25-20(5)29/h6-8,11-12,18-19,22H,9-10,13-17H2,1-5H3,(H,25,29). The monoisotopic (exact) mass is 414 g/mol. The Bertz CT molecular complexity index is 754. The SMILES string of the molecule is CC(=O)NC1=[N+]([O-])CN2CCCCC2C1(CCN(C(C)C)C(C)C)c1ccccc1. The number of piperidine rings is 1. The van der Waals surface area contributed by atoms with Gasteiger partial charge in [-0.1, -0.05) is 36.8 Å². The molecule has 0 saturated carbocycles. The van der Waals surface area contributed by atoms with E-state index in [4.69, 9.17) is 0 Å². The van der Waals surface area contributed by atoms with Crippen molar-refractivity contribution in [2.24, 2.45) is 0 Å². The number of fused-ring (bicyclic) bond motifs is 1. The number of carbonyl (C=O) groups excluding carboxylic acids is 1. The fraction of sp³-hybridized carbons (Fsp3) is 0.667. The number of hydrogen-bond acceptors (Lipinski definition) is 4. The van der Waals surface area contributed by atoms with Crippen molar-refractivity contribution >= 4 is 11.7 Å². The van der Waals surface area contributed by atoms with Crippen molar-refractivity contribution in [3.8, 4) is 0 Å². The van der Waals surface area contributed by atoms with Gasteiger partial charge in [0.2, 0.25) is 0 Å². The minimum Gasteiger partial charge on any atom is -0.714 e. The van der Waals surface area contributed by atoms with Crippen LogP contribution in [0.2, 0.25) is 0 Å². The van der Waals surface area contributed by atoms with Crippen molar-refractivity contribution in [2.45, 2.75) is 83.8 Å². The third-order valence-corrected chi connectivity index (χ3v) is 6.84. The largest absolute Gasteiger partial charge is 0.714 e. The molecule has 1 aromatic carbocycles. The molecule has 2 heterocycles. The van der Waals surface area contributed by atoms with Crippen LogP contribution in [0.4, 0.5) is 0 Å². The van der Waals surface area contributed by atoms with Crippen LogP contribution in [0, 0.1) is 5.21 Å². The molecule has 1 saturated heterocycles. The van der Waals surface area contributed by atoms with Crippen LogP contribution < -0.4 is 5.32 Å². The van der Waals surface area contributed by atoms with E-state index in [2.05, 4.69) is 54.9 Å². The molecule has 2 unspecified atom stereocenters. The van der Waals surface area contributed by atoms with Gasteiger partial charge in [-0.25, -0.2) is 10.1 Å². The van der Waals surface area contributed by atoms with Gasteiger partial charge in [-0.2, -0.15) is 0 Å². The Kier molecular flexibility index (Phi) is 7.19. The van der Waals surface area contributed by atoms with Gasteiger partial charge in [-0.3, -0.25) is 14.5 Å². The lowest BCUT2D eigenvalue weighted by Gasteiger charge is -2.52. The molecule has 0 radical (unpaired) electrons. The van der Waals surface area contributed by atoms with E-state index in [1.165, 1.54) is 6.92 Å². The van der Waals surface area contributed by atoms with Crippen LogP contribution in [0.5, 0.6) is 0 Å². The molecule has 0 aromatic heterocycles. The topological polar surface area (TPSA) is 61.7 Å². The number of carbonyl (C=O) groups is 1. The average Bonchev–Trinajstić information content (AvgIpc) is 2.70. The summed E-state index contributed by atoms with van der Waals surface area (Å²) in [5, 5.41) is 16.3. The van der Waals surface area contributed by atoms with E-state index in [0.29, 0.717) is 24.6 Å². The highest BCUT2D eigenvalue weighted by Crippen LogP contribution is 2.42. The van der Waals surface area contributed by atoms with E-state index >= 15 is 0 Å². The molecule has 1 aromatic rings. The van der Waals surface area contributed by atoms with Gasteiger partial charge in [0.1, 0.15) is 12.1 Å². The second kappa shape index (κ2) is 9.48. The quantitative estimate of drug-likeness (QED) is 0.573. The zero-order valence-corrected chi connectivity index (χ0v) is 19.2. The van der Waals surface area contributed by atoms with E-state index in [9.17, 15) is 10.0 Å². The van der Waals surface area contributed by atoms with Crippen molar-refractivity contribution in [3.05, 3.63) is 41.1 Å². The predicted molar refractivity (Wildman–Crippen MR) is 121 cm³/mol. The van der Waals surface area contributed by atoms with Crippen molar-refractivity contribution in [1.29, 1.82) is 0 Å². The number of amidine groups is 1. The van der Waals surface area contributed by atoms with Gasteiger partial charge in [0.05, 0.1) is 0 Å². The molecule has 30 heavy (non-hydrogen) atoms. The van der Waals surface area contributed by atoms with Crippen LogP contribution >= 0.6 is 0 Å². The van der Waals surface area contributed by atoms with Gasteiger partial charge in [-0.15, -0.1) is 0 Å². The van der Waals surface area contributed by atoms with Crippen LogP contribution in [0.1, 0.15) is 65.9 Å². The summed E-state index contributed by atoms with van der Waals surface area (Å²) in [6, 6.07) is 11.4. The number of rotatable bonds is 6. The summed E-state index contributed by atoms with van der Waals surface area (Å²) >= 11 is 0. The molecule has 6 heteroatoms. The molecule has 2 atom stereocenters. The summed E-state index contributed by atoms with van der Waals surface area (Å²) in [6.07, 6.45) is 4.10. The average molecular weight is 415 g/mol. The Morgan fingerprint density at radius 3 is 2.50 bits per heavy atom. The van der Waals surface area contributed by atoms with Crippen LogP contribution in [0.25, 0.3) is 0 Å². The molecule has 0 spiro atoms. The van der Waals surface area contributed by atoms with Gasteiger partial charge in [0, 0.05) is 38.1 Å². The van der Waals surface area contributed by atoms with Gasteiger partial charge >= 0.3 is 5.91 Å². The maximum Gasteiger partial charge on any atom is 0.304 e. The van der Waals surface area contributed by atoms with Crippen molar-refractivity contribution in [1.82, 2.24) is 15.1 Å². The number of amides is 1. The molecule has 6 nitrogen and oxygen atoms in total. The van der Waals surface area contributed by atoms with Crippen molar-refractivity contribution < 1.29 is 9.53 Å². The van der Waals surface area contributed by atoms with E-state index in [1.807, 2.05) is 18.2 Å². The Morgan fingerprint density at radius 2 is 1.90 bits per heavy atom. The maximum absolute atomic E-state index is 13.3. The number of hydrogen-bond donors (Lipinski definition) is 1. The smallest absolute Gasteiger partial charge is 0.304 e. The first kappa shape index (κ1) is 22.8. The lowest BCUT2D eigenvalue weighted by Crippen LogP contribution is -2.68. The Labute approximate surface area is 181 Å². The van der Waals surface area contributed by atoms with E-state index in [0.717, 1.165) is 49.1 Å². The molecule has 0 bridgehead atoms. The lowest BCUT2D eigenvalue weighted by atomic mass is 9.66. The summed E-state index contributed by atoms with van der Waals surface area (Å²) < 4.78 is 1.03. The minimum absolute atomic E-state index is 0.181. The zero-order chi connectivity index (χ0) is 21.9. The van der Waals surface area contributed by atoms with Gasteiger partial charge in [0.25, 0.3) is 5.84 Å². The number of benzene rings is 1. The summed E-state index contributed by atoms with van der Waals surface area (Å²) in [5.74, 6) is 0.344. The molecule has 2 aliphatic heterocycles. The van der Waals surface area contributed by atoms with E-state index in [1.54, 1.807) is 0 Å². The third-order valence-electron chi connectivity index (χ3n) is 6.84. The fourth-order valence-corrected chi connectivity index (χ4v) is 5.59. The van der Waals surface area contributed by atoms with Gasteiger partial charge in [-0.05, 0) is 52.5 Å². The van der Waals surface area contributed by atoms with Crippen LogP contribution in [-0.2, 0) is 10.2 Å². The maximum atomic E-state index is 13.3. The van der Waals surface area contributed by atoms with Crippen molar-refractivity contribution in [3.63, 3.8) is 0 Å². The normalized spacial score (nSPS) is 25.1. The summed E-state index contributed by atoms with van der Waals surface area (Å²) in [4.78, 5) is 17.0. The van der Waals surface area contributed by atoms with Gasteiger partial charge < -0.3 is 5.21 Å². The molecule has 0 aliphatic carbocycles. The lowest BCUT2D eigenvalue weighted by molar-refractivity contribution is -0.501. The molecule has 1 fully saturated rings. The fourth-order valence-electron chi connectivity index (χ4n) is 5.59. The molecule has 1 N–H and O–H groups in total. The first-order valence-electron chi connectivity index (χ1n) is 11.4. The molecule has 3 rings (SSSR count). The summed E-state index contributed by atoms with van der Waals surface area (Å²) in [5.41, 5.74) is 0.591. The first-order valence-corrected chi connectivity index (χ1v) is 11.4. The third kappa shape index (κ3) is 4.40. The summed E-state index contributed by atoms with van der Waals surface area (Å²) in [6.45, 7) is 12.5. The minimum atomic E-state index is -0.532. The second-order valence-corrected chi connectivity index (χ2v) is 9.39. The number of nitrogens with zero attached hydrogens (tertiary/aromatic N) is 3. The molecular weight excluding hydrogens is 376 g/mol. The second-order valence-electron chi connectivity index (χ2n) is 9.39. The first-order chi connectivity index (χ1) is 14.3. The van der Waals surface area contributed by atoms with Crippen LogP contribution in [0.3, 0.4) is 0 Å². The van der Waals surface area contributed by atoms with Gasteiger partial charge in [0.15, 0.2) is 0 Å². The zero-order valence-electron chi connectivity index (χ0n) is 19.2. The highest BCUT2D eigenvalue weighted by Gasteiger charge is 2.55. The van der Waals surface area contributed by atoms with Crippen LogP contribution in [-0.4, -0.2) is 64.2 Å². The number of nitrogens with one attached hydrogen (secondary N) is 1. The molecule has 166 valence electrons.